The Hall–Kier alpha value is -0.650. The molecule has 0 radical (unpaired) electrons. The molecule has 0 aromatic rings. The van der Waals surface area contributed by atoms with Crippen LogP contribution >= 0.6 is 0 Å². The summed E-state index contributed by atoms with van der Waals surface area (Å²) in [6, 6.07) is 0.172. The molecule has 0 bridgehead atoms. The molecule has 2 unspecified atom stereocenters. The average Bonchev–Trinajstić information content (AvgIpc) is 2.32. The summed E-state index contributed by atoms with van der Waals surface area (Å²) in [5, 5.41) is 6.37. The van der Waals surface area contributed by atoms with Gasteiger partial charge in [-0.05, 0) is 39.8 Å². The van der Waals surface area contributed by atoms with E-state index in [1.165, 1.54) is 0 Å². The topological polar surface area (TPSA) is 53.6 Å². The Kier molecular flexibility index (Phi) is 10.7. The predicted octanol–water partition coefficient (Wildman–Crippen LogP) is 1.09. The minimum Gasteiger partial charge on any atom is -0.385 e. The molecule has 0 aromatic carbocycles. The van der Waals surface area contributed by atoms with Crippen molar-refractivity contribution in [3.8, 4) is 0 Å². The summed E-state index contributed by atoms with van der Waals surface area (Å²) in [5.41, 5.74) is 0. The number of hydrogen-bond donors (Lipinski definition) is 2. The molecule has 2 N–H and O–H groups in total. The summed E-state index contributed by atoms with van der Waals surface area (Å²) in [4.78, 5) is 14.1. The van der Waals surface area contributed by atoms with Crippen molar-refractivity contribution in [2.24, 2.45) is 5.92 Å². The van der Waals surface area contributed by atoms with Crippen LogP contribution in [0, 0.1) is 5.92 Å². The van der Waals surface area contributed by atoms with E-state index in [0.717, 1.165) is 19.4 Å². The zero-order chi connectivity index (χ0) is 15.5. The van der Waals surface area contributed by atoms with Gasteiger partial charge in [0, 0.05) is 32.8 Å². The highest BCUT2D eigenvalue weighted by Crippen LogP contribution is 2.06. The van der Waals surface area contributed by atoms with Gasteiger partial charge in [0.2, 0.25) is 5.91 Å². The number of hydrogen-bond acceptors (Lipinski definition) is 4. The fourth-order valence-corrected chi connectivity index (χ4v) is 2.22. The van der Waals surface area contributed by atoms with Crippen LogP contribution in [0.3, 0.4) is 0 Å². The van der Waals surface area contributed by atoms with Crippen molar-refractivity contribution in [2.45, 2.75) is 45.7 Å². The number of carbonyl (C=O) groups excluding carboxylic acids is 1. The van der Waals surface area contributed by atoms with Crippen LogP contribution in [-0.4, -0.2) is 63.8 Å². The predicted molar refractivity (Wildman–Crippen MR) is 83.9 cm³/mol. The highest BCUT2D eigenvalue weighted by Gasteiger charge is 2.18. The number of nitrogens with zero attached hydrogens (tertiary/aromatic N) is 1. The molecule has 120 valence electrons. The van der Waals surface area contributed by atoms with Gasteiger partial charge < -0.3 is 20.3 Å². The lowest BCUT2D eigenvalue weighted by Gasteiger charge is -2.27. The van der Waals surface area contributed by atoms with Gasteiger partial charge >= 0.3 is 0 Å². The molecule has 0 aromatic heterocycles. The minimum absolute atomic E-state index is 0.0635. The lowest BCUT2D eigenvalue weighted by Crippen LogP contribution is -2.50. The fraction of sp³-hybridized carbons (Fsp3) is 0.933. The molecular weight excluding hydrogens is 254 g/mol. The van der Waals surface area contributed by atoms with Crippen molar-refractivity contribution in [3.05, 3.63) is 0 Å². The molecule has 5 heteroatoms. The van der Waals surface area contributed by atoms with Crippen molar-refractivity contribution in [2.75, 3.05) is 40.9 Å². The normalized spacial score (nSPS) is 14.6. The van der Waals surface area contributed by atoms with Crippen LogP contribution in [-0.2, 0) is 9.53 Å². The van der Waals surface area contributed by atoms with Gasteiger partial charge in [0.1, 0.15) is 0 Å². The third-order valence-corrected chi connectivity index (χ3v) is 3.04. The van der Waals surface area contributed by atoms with Crippen LogP contribution in [0.5, 0.6) is 0 Å². The number of carbonyl (C=O) groups is 1. The summed E-state index contributed by atoms with van der Waals surface area (Å²) in [7, 11) is 5.79. The Bertz CT molecular complexity index is 248. The average molecular weight is 287 g/mol. The second-order valence-corrected chi connectivity index (χ2v) is 6.11. The Morgan fingerprint density at radius 1 is 1.25 bits per heavy atom. The summed E-state index contributed by atoms with van der Waals surface area (Å²) in [6.45, 7) is 8.63. The molecular formula is C15H33N3O2. The van der Waals surface area contributed by atoms with Crippen molar-refractivity contribution >= 4 is 5.91 Å². The summed E-state index contributed by atoms with van der Waals surface area (Å²) < 4.78 is 4.96. The molecule has 20 heavy (non-hydrogen) atoms. The maximum absolute atomic E-state index is 12.0. The van der Waals surface area contributed by atoms with Gasteiger partial charge in [-0.25, -0.2) is 0 Å². The molecule has 1 amide bonds. The monoisotopic (exact) mass is 287 g/mol. The molecule has 0 saturated heterocycles. The molecule has 2 atom stereocenters. The van der Waals surface area contributed by atoms with Gasteiger partial charge in [-0.15, -0.1) is 0 Å². The standard InChI is InChI=1S/C15H33N3O2/c1-12(2)10-14(11-18(4)5)17-13(3)15(19)16-8-7-9-20-6/h12-14,17H,7-11H2,1-6H3,(H,16,19). The van der Waals surface area contributed by atoms with Crippen molar-refractivity contribution < 1.29 is 9.53 Å². The van der Waals surface area contributed by atoms with E-state index in [-0.39, 0.29) is 11.9 Å². The van der Waals surface area contributed by atoms with E-state index in [1.54, 1.807) is 7.11 Å². The first-order chi connectivity index (χ1) is 9.36. The second-order valence-electron chi connectivity index (χ2n) is 6.11. The summed E-state index contributed by atoms with van der Waals surface area (Å²) in [6.07, 6.45) is 1.92. The van der Waals surface area contributed by atoms with Crippen molar-refractivity contribution in [1.29, 1.82) is 0 Å². The van der Waals surface area contributed by atoms with Crippen LogP contribution in [0.15, 0.2) is 0 Å². The Balaban J connectivity index is 4.14. The van der Waals surface area contributed by atoms with E-state index in [4.69, 9.17) is 4.74 Å². The van der Waals surface area contributed by atoms with Gasteiger partial charge in [-0.2, -0.15) is 0 Å². The van der Waals surface area contributed by atoms with Crippen LogP contribution in [0.25, 0.3) is 0 Å². The van der Waals surface area contributed by atoms with Gasteiger partial charge in [0.15, 0.2) is 0 Å². The van der Waals surface area contributed by atoms with Gasteiger partial charge in [-0.3, -0.25) is 4.79 Å². The number of methoxy groups -OCH3 is 1. The third-order valence-electron chi connectivity index (χ3n) is 3.04. The molecule has 0 aliphatic heterocycles. The van der Waals surface area contributed by atoms with E-state index in [9.17, 15) is 4.79 Å². The molecule has 0 rings (SSSR count). The van der Waals surface area contributed by atoms with Crippen molar-refractivity contribution in [1.82, 2.24) is 15.5 Å². The first-order valence-corrected chi connectivity index (χ1v) is 7.54. The number of ether oxygens (including phenoxy) is 1. The molecule has 0 aliphatic rings. The van der Waals surface area contributed by atoms with E-state index in [2.05, 4.69) is 43.5 Å². The van der Waals surface area contributed by atoms with E-state index >= 15 is 0 Å². The quantitative estimate of drug-likeness (QED) is 0.559. The summed E-state index contributed by atoms with van der Waals surface area (Å²) >= 11 is 0. The number of likely N-dealkylation sites (N-methyl/N-ethyl adjacent to an activating group) is 1. The molecule has 0 heterocycles. The molecule has 0 aliphatic carbocycles. The third kappa shape index (κ3) is 10.2. The van der Waals surface area contributed by atoms with Gasteiger partial charge in [-0.1, -0.05) is 13.8 Å². The molecule has 0 spiro atoms. The van der Waals surface area contributed by atoms with Crippen LogP contribution in [0.2, 0.25) is 0 Å². The van der Waals surface area contributed by atoms with E-state index in [0.29, 0.717) is 25.1 Å². The van der Waals surface area contributed by atoms with Crippen LogP contribution in [0.1, 0.15) is 33.6 Å². The second kappa shape index (κ2) is 11.1. The highest BCUT2D eigenvalue weighted by atomic mass is 16.5. The summed E-state index contributed by atoms with van der Waals surface area (Å²) in [5.74, 6) is 0.679. The maximum Gasteiger partial charge on any atom is 0.236 e. The molecule has 5 nitrogen and oxygen atoms in total. The smallest absolute Gasteiger partial charge is 0.236 e. The fourth-order valence-electron chi connectivity index (χ4n) is 2.22. The number of rotatable bonds is 11. The van der Waals surface area contributed by atoms with E-state index in [1.807, 2.05) is 6.92 Å². The first-order valence-electron chi connectivity index (χ1n) is 7.54. The first kappa shape index (κ1) is 19.4. The molecule has 0 saturated carbocycles. The zero-order valence-electron chi connectivity index (χ0n) is 14.0. The van der Waals surface area contributed by atoms with Crippen LogP contribution < -0.4 is 10.6 Å². The lowest BCUT2D eigenvalue weighted by molar-refractivity contribution is -0.123. The van der Waals surface area contributed by atoms with Gasteiger partial charge in [0.25, 0.3) is 0 Å². The maximum atomic E-state index is 12.0. The van der Waals surface area contributed by atoms with Crippen molar-refractivity contribution in [3.63, 3.8) is 0 Å². The van der Waals surface area contributed by atoms with Crippen LogP contribution in [0.4, 0.5) is 0 Å². The lowest BCUT2D eigenvalue weighted by atomic mass is 10.0. The molecule has 0 fully saturated rings. The SMILES string of the molecule is COCCCNC(=O)C(C)NC(CC(C)C)CN(C)C. The Morgan fingerprint density at radius 3 is 2.40 bits per heavy atom. The van der Waals surface area contributed by atoms with E-state index < -0.39 is 0 Å². The number of nitrogens with one attached hydrogen (secondary N) is 2. The zero-order valence-corrected chi connectivity index (χ0v) is 14.0. The minimum atomic E-state index is -0.166. The van der Waals surface area contributed by atoms with Gasteiger partial charge in [0.05, 0.1) is 6.04 Å². The number of amides is 1. The Morgan fingerprint density at radius 2 is 1.90 bits per heavy atom. The Labute approximate surface area is 124 Å². The largest absolute Gasteiger partial charge is 0.385 e. The highest BCUT2D eigenvalue weighted by molar-refractivity contribution is 5.81.